The van der Waals surface area contributed by atoms with Crippen molar-refractivity contribution in [1.29, 1.82) is 0 Å². The Morgan fingerprint density at radius 3 is 2.17 bits per heavy atom. The molecule has 0 heterocycles. The van der Waals surface area contributed by atoms with Gasteiger partial charge in [-0.3, -0.25) is 0 Å². The van der Waals surface area contributed by atoms with Crippen LogP contribution in [0.4, 0.5) is 4.79 Å². The summed E-state index contributed by atoms with van der Waals surface area (Å²) in [4.78, 5) is 10.7. The van der Waals surface area contributed by atoms with Crippen LogP contribution in [-0.2, 0) is 13.3 Å². The molecular formula is C10H25N3O4Si. The molecule has 8 heteroatoms. The van der Waals surface area contributed by atoms with Crippen molar-refractivity contribution in [1.82, 2.24) is 5.32 Å². The highest BCUT2D eigenvalue weighted by Crippen LogP contribution is 2.31. The van der Waals surface area contributed by atoms with Gasteiger partial charge >= 0.3 is 14.8 Å². The third kappa shape index (κ3) is 5.32. The minimum atomic E-state index is -2.70. The van der Waals surface area contributed by atoms with Crippen molar-refractivity contribution in [3.63, 3.8) is 0 Å². The number of carbonyl (C=O) groups is 1. The maximum atomic E-state index is 10.7. The van der Waals surface area contributed by atoms with Crippen molar-refractivity contribution >= 4 is 14.8 Å². The fraction of sp³-hybridized carbons (Fsp3) is 0.900. The van der Waals surface area contributed by atoms with Crippen molar-refractivity contribution < 1.29 is 18.1 Å². The number of nitrogens with one attached hydrogen (secondary N) is 1. The molecule has 0 saturated carbocycles. The number of urea groups is 1. The summed E-state index contributed by atoms with van der Waals surface area (Å²) in [6.07, 6.45) is 2.37. The molecule has 0 bridgehead atoms. The lowest BCUT2D eigenvalue weighted by Gasteiger charge is -2.32. The van der Waals surface area contributed by atoms with E-state index < -0.39 is 14.8 Å². The van der Waals surface area contributed by atoms with E-state index in [2.05, 4.69) is 5.32 Å². The van der Waals surface area contributed by atoms with Gasteiger partial charge in [0, 0.05) is 33.4 Å². The first-order valence-corrected chi connectivity index (χ1v) is 7.75. The van der Waals surface area contributed by atoms with E-state index >= 15 is 0 Å². The SMILES string of the molecule is CO[Si](OC)(OC)C(CCCN)CCNC(N)=O. The molecule has 108 valence electrons. The van der Waals surface area contributed by atoms with Gasteiger partial charge in [0.25, 0.3) is 0 Å². The fourth-order valence-corrected chi connectivity index (χ4v) is 4.54. The monoisotopic (exact) mass is 279 g/mol. The second kappa shape index (κ2) is 9.28. The molecule has 0 aromatic carbocycles. The number of carbonyl (C=O) groups excluding carboxylic acids is 1. The number of hydrogen-bond donors (Lipinski definition) is 3. The first-order chi connectivity index (χ1) is 8.56. The Balaban J connectivity index is 4.56. The minimum absolute atomic E-state index is 0.0906. The molecule has 18 heavy (non-hydrogen) atoms. The Bertz CT molecular complexity index is 231. The van der Waals surface area contributed by atoms with Gasteiger partial charge in [-0.25, -0.2) is 4.79 Å². The summed E-state index contributed by atoms with van der Waals surface area (Å²) in [5, 5.41) is 2.56. The zero-order valence-corrected chi connectivity index (χ0v) is 12.4. The summed E-state index contributed by atoms with van der Waals surface area (Å²) in [7, 11) is 2.03. The lowest BCUT2D eigenvalue weighted by molar-refractivity contribution is 0.108. The Hall–Kier alpha value is -0.673. The number of rotatable bonds is 10. The Labute approximate surface area is 110 Å². The fourth-order valence-electron chi connectivity index (χ4n) is 1.98. The molecule has 0 aliphatic carbocycles. The molecule has 1 unspecified atom stereocenters. The van der Waals surface area contributed by atoms with Crippen LogP contribution in [0.5, 0.6) is 0 Å². The maximum absolute atomic E-state index is 10.7. The van der Waals surface area contributed by atoms with Gasteiger partial charge in [-0.2, -0.15) is 0 Å². The zero-order valence-electron chi connectivity index (χ0n) is 11.4. The van der Waals surface area contributed by atoms with Gasteiger partial charge < -0.3 is 30.1 Å². The smallest absolute Gasteiger partial charge is 0.377 e. The van der Waals surface area contributed by atoms with Gasteiger partial charge in [-0.15, -0.1) is 0 Å². The molecule has 0 spiro atoms. The molecule has 0 fully saturated rings. The largest absolute Gasteiger partial charge is 0.503 e. The van der Waals surface area contributed by atoms with Crippen LogP contribution in [0.15, 0.2) is 0 Å². The topological polar surface area (TPSA) is 109 Å². The summed E-state index contributed by atoms with van der Waals surface area (Å²) < 4.78 is 16.4. The average molecular weight is 279 g/mol. The summed E-state index contributed by atoms with van der Waals surface area (Å²) in [6.45, 7) is 1.07. The molecular weight excluding hydrogens is 254 g/mol. The summed E-state index contributed by atoms with van der Waals surface area (Å²) in [5.74, 6) is 0. The Morgan fingerprint density at radius 1 is 1.22 bits per heavy atom. The first kappa shape index (κ1) is 17.3. The number of amides is 2. The second-order valence-electron chi connectivity index (χ2n) is 3.92. The van der Waals surface area contributed by atoms with Crippen LogP contribution in [0, 0.1) is 0 Å². The molecule has 2 amide bonds. The normalized spacial score (nSPS) is 13.3. The van der Waals surface area contributed by atoms with Crippen LogP contribution in [0.2, 0.25) is 5.54 Å². The van der Waals surface area contributed by atoms with Crippen molar-refractivity contribution in [2.75, 3.05) is 34.4 Å². The van der Waals surface area contributed by atoms with Gasteiger partial charge in [-0.05, 0) is 25.8 Å². The first-order valence-electron chi connectivity index (χ1n) is 5.95. The number of nitrogens with two attached hydrogens (primary N) is 2. The lowest BCUT2D eigenvalue weighted by atomic mass is 10.2. The van der Waals surface area contributed by atoms with E-state index in [4.69, 9.17) is 24.7 Å². The van der Waals surface area contributed by atoms with Crippen LogP contribution in [0.1, 0.15) is 19.3 Å². The van der Waals surface area contributed by atoms with Crippen molar-refractivity contribution in [3.05, 3.63) is 0 Å². The summed E-state index contributed by atoms with van der Waals surface area (Å²) >= 11 is 0. The van der Waals surface area contributed by atoms with Crippen molar-refractivity contribution in [2.24, 2.45) is 11.5 Å². The predicted molar refractivity (Wildman–Crippen MR) is 71.0 cm³/mol. The maximum Gasteiger partial charge on any atom is 0.503 e. The average Bonchev–Trinajstić information content (AvgIpc) is 2.37. The van der Waals surface area contributed by atoms with Crippen LogP contribution in [0.25, 0.3) is 0 Å². The molecule has 0 rings (SSSR count). The van der Waals surface area contributed by atoms with E-state index in [9.17, 15) is 4.79 Å². The molecule has 0 aromatic heterocycles. The molecule has 0 saturated heterocycles. The molecule has 1 atom stereocenters. The van der Waals surface area contributed by atoms with Crippen LogP contribution in [0.3, 0.4) is 0 Å². The molecule has 0 aliphatic heterocycles. The molecule has 0 radical (unpaired) electrons. The van der Waals surface area contributed by atoms with Crippen LogP contribution in [-0.4, -0.2) is 49.3 Å². The standard InChI is InChI=1S/C10H25N3O4Si/c1-15-18(16-2,17-3)9(5-4-7-11)6-8-13-10(12)14/h9H,4-8,11H2,1-3H3,(H3,12,13,14). The highest BCUT2D eigenvalue weighted by atomic mass is 28.4. The molecule has 0 aromatic rings. The minimum Gasteiger partial charge on any atom is -0.377 e. The predicted octanol–water partition coefficient (Wildman–Crippen LogP) is 0.0320. The van der Waals surface area contributed by atoms with Gasteiger partial charge in [0.05, 0.1) is 0 Å². The van der Waals surface area contributed by atoms with Crippen molar-refractivity contribution in [2.45, 2.75) is 24.8 Å². The number of primary amides is 1. The van der Waals surface area contributed by atoms with Crippen LogP contribution >= 0.6 is 0 Å². The van der Waals surface area contributed by atoms with E-state index in [0.29, 0.717) is 19.5 Å². The van der Waals surface area contributed by atoms with Crippen LogP contribution < -0.4 is 16.8 Å². The molecule has 5 N–H and O–H groups in total. The van der Waals surface area contributed by atoms with Gasteiger partial charge in [0.15, 0.2) is 0 Å². The Kier molecular flexibility index (Phi) is 8.94. The Morgan fingerprint density at radius 2 is 1.78 bits per heavy atom. The third-order valence-corrected chi connectivity index (χ3v) is 6.19. The molecule has 0 aliphatic rings. The summed E-state index contributed by atoms with van der Waals surface area (Å²) in [5.41, 5.74) is 10.6. The van der Waals surface area contributed by atoms with E-state index in [-0.39, 0.29) is 5.54 Å². The van der Waals surface area contributed by atoms with Gasteiger partial charge in [-0.1, -0.05) is 0 Å². The van der Waals surface area contributed by atoms with Gasteiger partial charge in [0.2, 0.25) is 0 Å². The van der Waals surface area contributed by atoms with E-state index in [1.54, 1.807) is 21.3 Å². The number of hydrogen-bond acceptors (Lipinski definition) is 5. The third-order valence-electron chi connectivity index (χ3n) is 2.90. The quantitative estimate of drug-likeness (QED) is 0.489. The lowest BCUT2D eigenvalue weighted by Crippen LogP contribution is -2.48. The highest BCUT2D eigenvalue weighted by molar-refractivity contribution is 6.62. The summed E-state index contributed by atoms with van der Waals surface area (Å²) in [6, 6.07) is -0.535. The zero-order chi connectivity index (χ0) is 14.0. The highest BCUT2D eigenvalue weighted by Gasteiger charge is 2.46. The van der Waals surface area contributed by atoms with E-state index in [1.165, 1.54) is 0 Å². The second-order valence-corrected chi connectivity index (χ2v) is 7.17. The van der Waals surface area contributed by atoms with Gasteiger partial charge in [0.1, 0.15) is 0 Å². The van der Waals surface area contributed by atoms with E-state index in [0.717, 1.165) is 12.8 Å². The van der Waals surface area contributed by atoms with E-state index in [1.807, 2.05) is 0 Å². The molecule has 7 nitrogen and oxygen atoms in total. The van der Waals surface area contributed by atoms with Crippen molar-refractivity contribution in [3.8, 4) is 0 Å².